The number of nitrogens with zero attached hydrogens (tertiary/aromatic N) is 3. The molecule has 0 spiro atoms. The predicted octanol–water partition coefficient (Wildman–Crippen LogP) is 2.74. The van der Waals surface area contributed by atoms with Gasteiger partial charge in [-0.25, -0.2) is 8.42 Å². The third kappa shape index (κ3) is 3.45. The molecule has 1 heterocycles. The van der Waals surface area contributed by atoms with E-state index in [9.17, 15) is 8.42 Å². The van der Waals surface area contributed by atoms with Gasteiger partial charge in [-0.1, -0.05) is 17.7 Å². The van der Waals surface area contributed by atoms with E-state index in [4.69, 9.17) is 16.9 Å². The molecular formula is C15H14ClN3O2S. The number of nitriles is 1. The van der Waals surface area contributed by atoms with E-state index in [2.05, 4.69) is 4.98 Å². The maximum Gasteiger partial charge on any atom is 0.244 e. The second-order valence-electron chi connectivity index (χ2n) is 4.78. The van der Waals surface area contributed by atoms with Crippen LogP contribution >= 0.6 is 11.6 Å². The highest BCUT2D eigenvalue weighted by Gasteiger charge is 2.24. The van der Waals surface area contributed by atoms with E-state index < -0.39 is 10.0 Å². The lowest BCUT2D eigenvalue weighted by molar-refractivity contribution is 0.461. The van der Waals surface area contributed by atoms with Crippen molar-refractivity contribution in [2.75, 3.05) is 7.05 Å². The van der Waals surface area contributed by atoms with Gasteiger partial charge in [0.25, 0.3) is 0 Å². The zero-order chi connectivity index (χ0) is 16.3. The smallest absolute Gasteiger partial charge is 0.244 e. The van der Waals surface area contributed by atoms with Gasteiger partial charge in [0.15, 0.2) is 0 Å². The van der Waals surface area contributed by atoms with Crippen LogP contribution in [0.25, 0.3) is 0 Å². The first-order valence-electron chi connectivity index (χ1n) is 6.43. The molecular weight excluding hydrogens is 322 g/mol. The maximum absolute atomic E-state index is 12.6. The molecule has 0 atom stereocenters. The van der Waals surface area contributed by atoms with Crippen molar-refractivity contribution in [3.05, 3.63) is 58.4 Å². The van der Waals surface area contributed by atoms with Crippen LogP contribution < -0.4 is 0 Å². The highest BCUT2D eigenvalue weighted by Crippen LogP contribution is 2.23. The molecule has 22 heavy (non-hydrogen) atoms. The fourth-order valence-corrected chi connectivity index (χ4v) is 3.42. The molecule has 0 aliphatic heterocycles. The van der Waals surface area contributed by atoms with Crippen molar-refractivity contribution in [2.24, 2.45) is 0 Å². The minimum atomic E-state index is -3.80. The fourth-order valence-electron chi connectivity index (χ4n) is 1.98. The molecule has 114 valence electrons. The number of aromatic nitrogens is 1. The standard InChI is InChI=1S/C15H14ClN3O2S/c1-11-4-3-5-14(18-11)10-19(2)22(20,21)15-7-6-13(16)8-12(15)9-17/h3-8H,10H2,1-2H3. The lowest BCUT2D eigenvalue weighted by Gasteiger charge is -2.17. The second-order valence-corrected chi connectivity index (χ2v) is 7.23. The summed E-state index contributed by atoms with van der Waals surface area (Å²) >= 11 is 5.80. The average Bonchev–Trinajstić information content (AvgIpc) is 2.46. The summed E-state index contributed by atoms with van der Waals surface area (Å²) < 4.78 is 26.4. The third-order valence-electron chi connectivity index (χ3n) is 3.08. The Labute approximate surface area is 134 Å². The van der Waals surface area contributed by atoms with E-state index in [1.54, 1.807) is 6.07 Å². The SMILES string of the molecule is Cc1cccc(CN(C)S(=O)(=O)c2ccc(Cl)cc2C#N)n1. The molecule has 1 aromatic heterocycles. The summed E-state index contributed by atoms with van der Waals surface area (Å²) in [5.74, 6) is 0. The van der Waals surface area contributed by atoms with Crippen molar-refractivity contribution in [2.45, 2.75) is 18.4 Å². The summed E-state index contributed by atoms with van der Waals surface area (Å²) in [7, 11) is -2.34. The molecule has 0 amide bonds. The first-order chi connectivity index (χ1) is 10.3. The quantitative estimate of drug-likeness (QED) is 0.861. The van der Waals surface area contributed by atoms with Crippen LogP contribution in [0, 0.1) is 18.3 Å². The number of halogens is 1. The van der Waals surface area contributed by atoms with Crippen molar-refractivity contribution < 1.29 is 8.42 Å². The van der Waals surface area contributed by atoms with Crippen molar-refractivity contribution in [1.82, 2.24) is 9.29 Å². The van der Waals surface area contributed by atoms with Gasteiger partial charge in [-0.3, -0.25) is 4.98 Å². The molecule has 5 nitrogen and oxygen atoms in total. The fraction of sp³-hybridized carbons (Fsp3) is 0.200. The molecule has 0 saturated carbocycles. The zero-order valence-corrected chi connectivity index (χ0v) is 13.7. The van der Waals surface area contributed by atoms with Gasteiger partial charge in [-0.15, -0.1) is 0 Å². The van der Waals surface area contributed by atoms with E-state index >= 15 is 0 Å². The molecule has 0 unspecified atom stereocenters. The Morgan fingerprint density at radius 2 is 2.05 bits per heavy atom. The Kier molecular flexibility index (Phi) is 4.81. The summed E-state index contributed by atoms with van der Waals surface area (Å²) in [6.45, 7) is 1.96. The van der Waals surface area contributed by atoms with Crippen LogP contribution in [0.5, 0.6) is 0 Å². The van der Waals surface area contributed by atoms with Crippen molar-refractivity contribution in [3.63, 3.8) is 0 Å². The van der Waals surface area contributed by atoms with Gasteiger partial charge in [0.2, 0.25) is 10.0 Å². The number of aryl methyl sites for hydroxylation is 1. The van der Waals surface area contributed by atoms with Crippen LogP contribution in [-0.4, -0.2) is 24.8 Å². The van der Waals surface area contributed by atoms with Gasteiger partial charge in [-0.2, -0.15) is 9.57 Å². The van der Waals surface area contributed by atoms with E-state index in [-0.39, 0.29) is 17.0 Å². The Morgan fingerprint density at radius 3 is 2.68 bits per heavy atom. The normalized spacial score (nSPS) is 11.4. The Bertz CT molecular complexity index is 844. The first kappa shape index (κ1) is 16.4. The van der Waals surface area contributed by atoms with Crippen LogP contribution in [0.3, 0.4) is 0 Å². The molecule has 2 rings (SSSR count). The minimum absolute atomic E-state index is 0.0246. The zero-order valence-electron chi connectivity index (χ0n) is 12.1. The molecule has 0 N–H and O–H groups in total. The summed E-state index contributed by atoms with van der Waals surface area (Å²) in [5.41, 5.74) is 1.47. The topological polar surface area (TPSA) is 74.1 Å². The summed E-state index contributed by atoms with van der Waals surface area (Å²) in [5, 5.41) is 9.43. The molecule has 0 aliphatic rings. The lowest BCUT2D eigenvalue weighted by Crippen LogP contribution is -2.27. The highest BCUT2D eigenvalue weighted by molar-refractivity contribution is 7.89. The van der Waals surface area contributed by atoms with Crippen molar-refractivity contribution in [3.8, 4) is 6.07 Å². The average molecular weight is 336 g/mol. The summed E-state index contributed by atoms with van der Waals surface area (Å²) in [6.07, 6.45) is 0. The largest absolute Gasteiger partial charge is 0.257 e. The van der Waals surface area contributed by atoms with E-state index in [1.807, 2.05) is 25.1 Å². The number of benzene rings is 1. The van der Waals surface area contributed by atoms with E-state index in [1.165, 1.54) is 29.6 Å². The van der Waals surface area contributed by atoms with Crippen LogP contribution in [0.15, 0.2) is 41.3 Å². The molecule has 1 aromatic carbocycles. The molecule has 0 bridgehead atoms. The molecule has 2 aromatic rings. The molecule has 7 heteroatoms. The number of rotatable bonds is 4. The minimum Gasteiger partial charge on any atom is -0.257 e. The van der Waals surface area contributed by atoms with Gasteiger partial charge >= 0.3 is 0 Å². The van der Waals surface area contributed by atoms with Crippen LogP contribution in [0.2, 0.25) is 5.02 Å². The molecule has 0 radical (unpaired) electrons. The van der Waals surface area contributed by atoms with E-state index in [0.717, 1.165) is 5.69 Å². The van der Waals surface area contributed by atoms with Gasteiger partial charge in [0, 0.05) is 17.8 Å². The number of hydrogen-bond acceptors (Lipinski definition) is 4. The first-order valence-corrected chi connectivity index (χ1v) is 8.25. The number of hydrogen-bond donors (Lipinski definition) is 0. The van der Waals surface area contributed by atoms with Crippen LogP contribution in [0.4, 0.5) is 0 Å². The Balaban J connectivity index is 2.36. The van der Waals surface area contributed by atoms with Gasteiger partial charge < -0.3 is 0 Å². The monoisotopic (exact) mass is 335 g/mol. The number of sulfonamides is 1. The number of pyridine rings is 1. The summed E-state index contributed by atoms with van der Waals surface area (Å²) in [4.78, 5) is 4.22. The predicted molar refractivity (Wildman–Crippen MR) is 83.8 cm³/mol. The second kappa shape index (κ2) is 6.44. The van der Waals surface area contributed by atoms with Gasteiger partial charge in [0.05, 0.1) is 17.8 Å². The van der Waals surface area contributed by atoms with Crippen LogP contribution in [0.1, 0.15) is 17.0 Å². The van der Waals surface area contributed by atoms with Crippen molar-refractivity contribution in [1.29, 1.82) is 5.26 Å². The van der Waals surface area contributed by atoms with Crippen molar-refractivity contribution >= 4 is 21.6 Å². The summed E-state index contributed by atoms with van der Waals surface area (Å²) in [6, 6.07) is 11.4. The molecule has 0 saturated heterocycles. The van der Waals surface area contributed by atoms with E-state index in [0.29, 0.717) is 10.7 Å². The lowest BCUT2D eigenvalue weighted by atomic mass is 10.2. The maximum atomic E-state index is 12.6. The van der Waals surface area contributed by atoms with Gasteiger partial charge in [0.1, 0.15) is 11.0 Å². The van der Waals surface area contributed by atoms with Gasteiger partial charge in [-0.05, 0) is 37.3 Å². The Hall–Kier alpha value is -1.94. The molecule has 0 aliphatic carbocycles. The Morgan fingerprint density at radius 1 is 1.32 bits per heavy atom. The highest BCUT2D eigenvalue weighted by atomic mass is 35.5. The molecule has 0 fully saturated rings. The van der Waals surface area contributed by atoms with Crippen LogP contribution in [-0.2, 0) is 16.6 Å². The third-order valence-corrected chi connectivity index (χ3v) is 5.18.